The van der Waals surface area contributed by atoms with Crippen LogP contribution in [0.5, 0.6) is 0 Å². The smallest absolute Gasteiger partial charge is 0.339 e. The number of hydrogen-bond donors (Lipinski definition) is 0. The molecule has 11 nitrogen and oxygen atoms in total. The molecule has 0 bridgehead atoms. The van der Waals surface area contributed by atoms with Crippen molar-refractivity contribution in [2.75, 3.05) is 13.2 Å². The molecule has 166 valence electrons. The Morgan fingerprint density at radius 2 is 1.71 bits per heavy atom. The fraction of sp³-hybridized carbons (Fsp3) is 0.474. The first-order valence-corrected chi connectivity index (χ1v) is 10.4. The number of thioether (sulfide) groups is 1. The molecule has 2 fully saturated rings. The van der Waals surface area contributed by atoms with Crippen LogP contribution in [0.15, 0.2) is 24.3 Å². The third-order valence-corrected chi connectivity index (χ3v) is 6.52. The molecule has 2 aliphatic heterocycles. The number of nitro groups is 1. The van der Waals surface area contributed by atoms with Crippen molar-refractivity contribution in [1.29, 1.82) is 0 Å². The van der Waals surface area contributed by atoms with Gasteiger partial charge in [-0.3, -0.25) is 14.9 Å². The SMILES string of the molecule is CCOC(=O)C1(C(=O)OCC)S[C@H](C(=O)OCc2ccc([N+](=O)[O-])cc2)N2C(=O)C[C@H]21. The van der Waals surface area contributed by atoms with Crippen LogP contribution < -0.4 is 0 Å². The highest BCUT2D eigenvalue weighted by atomic mass is 32.2. The fourth-order valence-electron chi connectivity index (χ4n) is 3.41. The van der Waals surface area contributed by atoms with Gasteiger partial charge < -0.3 is 19.1 Å². The monoisotopic (exact) mass is 452 g/mol. The molecule has 3 rings (SSSR count). The summed E-state index contributed by atoms with van der Waals surface area (Å²) >= 11 is 0.678. The van der Waals surface area contributed by atoms with Crippen molar-refractivity contribution in [2.24, 2.45) is 0 Å². The van der Waals surface area contributed by atoms with Gasteiger partial charge in [0.2, 0.25) is 10.7 Å². The minimum atomic E-state index is -1.86. The second kappa shape index (κ2) is 8.92. The van der Waals surface area contributed by atoms with Crippen molar-refractivity contribution in [3.05, 3.63) is 39.9 Å². The van der Waals surface area contributed by atoms with Gasteiger partial charge in [-0.2, -0.15) is 0 Å². The lowest BCUT2D eigenvalue weighted by Gasteiger charge is -2.40. The molecule has 31 heavy (non-hydrogen) atoms. The van der Waals surface area contributed by atoms with Crippen LogP contribution in [0.25, 0.3) is 0 Å². The van der Waals surface area contributed by atoms with Crippen molar-refractivity contribution in [2.45, 2.75) is 43.0 Å². The van der Waals surface area contributed by atoms with E-state index in [9.17, 15) is 29.3 Å². The van der Waals surface area contributed by atoms with Crippen LogP contribution in [0.3, 0.4) is 0 Å². The maximum atomic E-state index is 12.7. The van der Waals surface area contributed by atoms with Gasteiger partial charge in [0.1, 0.15) is 6.61 Å². The summed E-state index contributed by atoms with van der Waals surface area (Å²) in [6, 6.07) is 4.54. The van der Waals surface area contributed by atoms with Crippen LogP contribution in [0.1, 0.15) is 25.8 Å². The molecule has 12 heteroatoms. The topological polar surface area (TPSA) is 142 Å². The molecule has 1 aromatic carbocycles. The number of carbonyl (C=O) groups excluding carboxylic acids is 4. The average Bonchev–Trinajstić information content (AvgIpc) is 3.03. The van der Waals surface area contributed by atoms with E-state index in [1.54, 1.807) is 13.8 Å². The molecule has 1 aromatic rings. The van der Waals surface area contributed by atoms with Crippen LogP contribution in [0, 0.1) is 10.1 Å². The Hall–Kier alpha value is -3.15. The third kappa shape index (κ3) is 3.94. The molecule has 0 unspecified atom stereocenters. The van der Waals surface area contributed by atoms with Gasteiger partial charge in [-0.25, -0.2) is 14.4 Å². The first-order chi connectivity index (χ1) is 14.8. The zero-order valence-electron chi connectivity index (χ0n) is 16.8. The van der Waals surface area contributed by atoms with E-state index in [0.717, 1.165) is 4.90 Å². The predicted molar refractivity (Wildman–Crippen MR) is 106 cm³/mol. The number of nitrogens with zero attached hydrogens (tertiary/aromatic N) is 2. The van der Waals surface area contributed by atoms with Crippen LogP contribution in [-0.2, 0) is 40.0 Å². The average molecular weight is 452 g/mol. The van der Waals surface area contributed by atoms with E-state index in [4.69, 9.17) is 14.2 Å². The van der Waals surface area contributed by atoms with E-state index in [-0.39, 0.29) is 31.9 Å². The first-order valence-electron chi connectivity index (χ1n) is 9.49. The lowest BCUT2D eigenvalue weighted by molar-refractivity contribution is -0.384. The lowest BCUT2D eigenvalue weighted by Crippen LogP contribution is -2.64. The summed E-state index contributed by atoms with van der Waals surface area (Å²) in [5.41, 5.74) is 0.389. The molecule has 2 aliphatic rings. The predicted octanol–water partition coefficient (Wildman–Crippen LogP) is 1.18. The quantitative estimate of drug-likeness (QED) is 0.141. The molecule has 0 aromatic heterocycles. The second-order valence-corrected chi connectivity index (χ2v) is 8.03. The number of benzene rings is 1. The van der Waals surface area contributed by atoms with Crippen molar-refractivity contribution < 1.29 is 38.3 Å². The minimum absolute atomic E-state index is 0.0104. The van der Waals surface area contributed by atoms with E-state index >= 15 is 0 Å². The van der Waals surface area contributed by atoms with Gasteiger partial charge >= 0.3 is 17.9 Å². The molecule has 0 N–H and O–H groups in total. The number of hydrogen-bond acceptors (Lipinski definition) is 10. The molecule has 2 atom stereocenters. The lowest BCUT2D eigenvalue weighted by atomic mass is 9.87. The fourth-order valence-corrected chi connectivity index (χ4v) is 4.96. The van der Waals surface area contributed by atoms with Crippen LogP contribution >= 0.6 is 11.8 Å². The summed E-state index contributed by atoms with van der Waals surface area (Å²) in [6.07, 6.45) is -0.100. The van der Waals surface area contributed by atoms with Crippen molar-refractivity contribution in [3.8, 4) is 0 Å². The number of carbonyl (C=O) groups is 4. The van der Waals surface area contributed by atoms with E-state index < -0.39 is 44.9 Å². The number of non-ortho nitro benzene ring substituents is 1. The number of ether oxygens (including phenoxy) is 3. The van der Waals surface area contributed by atoms with Crippen LogP contribution in [-0.4, -0.2) is 63.0 Å². The normalized spacial score (nSPS) is 21.0. The summed E-state index contributed by atoms with van der Waals surface area (Å²) in [6.45, 7) is 2.98. The Morgan fingerprint density at radius 1 is 1.13 bits per heavy atom. The molecular formula is C19H20N2O9S. The Morgan fingerprint density at radius 3 is 2.19 bits per heavy atom. The Kier molecular flexibility index (Phi) is 6.48. The van der Waals surface area contributed by atoms with Crippen molar-refractivity contribution in [1.82, 2.24) is 4.90 Å². The Bertz CT molecular complexity index is 899. The van der Waals surface area contributed by atoms with Crippen LogP contribution in [0.2, 0.25) is 0 Å². The highest BCUT2D eigenvalue weighted by Crippen LogP contribution is 2.52. The zero-order valence-corrected chi connectivity index (χ0v) is 17.6. The molecule has 0 saturated carbocycles. The van der Waals surface area contributed by atoms with E-state index in [0.29, 0.717) is 17.3 Å². The largest absolute Gasteiger partial charge is 0.464 e. The minimum Gasteiger partial charge on any atom is -0.464 e. The number of fused-ring (bicyclic) bond motifs is 1. The first kappa shape index (κ1) is 22.5. The van der Waals surface area contributed by atoms with Gasteiger partial charge in [0.05, 0.1) is 24.2 Å². The Balaban J connectivity index is 1.78. The summed E-state index contributed by atoms with van der Waals surface area (Å²) in [5, 5.41) is 9.50. The van der Waals surface area contributed by atoms with E-state index in [1.165, 1.54) is 24.3 Å². The summed E-state index contributed by atoms with van der Waals surface area (Å²) in [5.74, 6) is -2.96. The van der Waals surface area contributed by atoms with Gasteiger partial charge in [-0.1, -0.05) is 11.8 Å². The number of β-lactam (4-membered cyclic amide) rings is 1. The number of rotatable bonds is 8. The van der Waals surface area contributed by atoms with Crippen LogP contribution in [0.4, 0.5) is 5.69 Å². The second-order valence-electron chi connectivity index (χ2n) is 6.70. The molecule has 0 spiro atoms. The molecule has 1 amide bonds. The van der Waals surface area contributed by atoms with Gasteiger partial charge in [0, 0.05) is 18.6 Å². The highest BCUT2D eigenvalue weighted by molar-refractivity contribution is 8.03. The van der Waals surface area contributed by atoms with Crippen molar-refractivity contribution >= 4 is 41.3 Å². The Labute approximate surface area is 181 Å². The third-order valence-electron chi connectivity index (χ3n) is 4.90. The van der Waals surface area contributed by atoms with Gasteiger partial charge in [0.25, 0.3) is 5.69 Å². The molecule has 0 aliphatic carbocycles. The van der Waals surface area contributed by atoms with E-state index in [2.05, 4.69) is 0 Å². The molecular weight excluding hydrogens is 432 g/mol. The van der Waals surface area contributed by atoms with Gasteiger partial charge in [-0.15, -0.1) is 0 Å². The van der Waals surface area contributed by atoms with Gasteiger partial charge in [0.15, 0.2) is 5.37 Å². The van der Waals surface area contributed by atoms with Crippen molar-refractivity contribution in [3.63, 3.8) is 0 Å². The van der Waals surface area contributed by atoms with Gasteiger partial charge in [-0.05, 0) is 31.5 Å². The van der Waals surface area contributed by atoms with E-state index in [1.807, 2.05) is 0 Å². The molecule has 2 heterocycles. The summed E-state index contributed by atoms with van der Waals surface area (Å²) in [7, 11) is 0. The molecule has 2 saturated heterocycles. The molecule has 0 radical (unpaired) electrons. The maximum Gasteiger partial charge on any atom is 0.339 e. The number of nitro benzene ring substituents is 1. The summed E-state index contributed by atoms with van der Waals surface area (Å²) in [4.78, 5) is 61.7. The number of esters is 3. The summed E-state index contributed by atoms with van der Waals surface area (Å²) < 4.78 is 13.5. The standard InChI is InChI=1S/C19H20N2O9S/c1-3-28-17(24)19(18(25)29-4-2)13-9-14(22)20(13)15(31-19)16(23)30-10-11-5-7-12(8-6-11)21(26)27/h5-8,13,15H,3-4,9-10H2,1-2H3/t13-,15+/m0/s1. The zero-order chi connectivity index (χ0) is 22.8. The number of amides is 1. The highest BCUT2D eigenvalue weighted by Gasteiger charge is 2.71. The maximum absolute atomic E-state index is 12.7.